The highest BCUT2D eigenvalue weighted by atomic mass is 15.2. The second-order valence-electron chi connectivity index (χ2n) is 6.93. The smallest absolute Gasteiger partial charge is 0.112 e. The van der Waals surface area contributed by atoms with Crippen LogP contribution in [0.25, 0.3) is 0 Å². The molecule has 0 aromatic carbocycles. The van der Waals surface area contributed by atoms with E-state index >= 15 is 0 Å². The Morgan fingerprint density at radius 1 is 1.20 bits per heavy atom. The molecule has 1 unspecified atom stereocenters. The van der Waals surface area contributed by atoms with Crippen LogP contribution in [0, 0.1) is 5.92 Å². The molecule has 3 rings (SSSR count). The molecule has 0 N–H and O–H groups in total. The molecule has 0 bridgehead atoms. The van der Waals surface area contributed by atoms with Crippen molar-refractivity contribution >= 4 is 0 Å². The molecule has 1 fully saturated rings. The SMILES string of the molecule is CCC1CCn2c(cnc2C2CCN(C(C)C)CC2)C1. The monoisotopic (exact) mass is 275 g/mol. The largest absolute Gasteiger partial charge is 0.332 e. The Balaban J connectivity index is 1.69. The first-order valence-electron chi connectivity index (χ1n) is 8.47. The first-order chi connectivity index (χ1) is 9.69. The van der Waals surface area contributed by atoms with Crippen LogP contribution in [0.1, 0.15) is 63.9 Å². The number of likely N-dealkylation sites (tertiary alicyclic amines) is 1. The molecular formula is C17H29N3. The summed E-state index contributed by atoms with van der Waals surface area (Å²) in [5, 5.41) is 0. The minimum Gasteiger partial charge on any atom is -0.332 e. The summed E-state index contributed by atoms with van der Waals surface area (Å²) in [5.74, 6) is 2.96. The van der Waals surface area contributed by atoms with Crippen molar-refractivity contribution in [2.45, 2.75) is 71.4 Å². The fourth-order valence-electron chi connectivity index (χ4n) is 3.91. The maximum Gasteiger partial charge on any atom is 0.112 e. The second kappa shape index (κ2) is 5.88. The zero-order valence-corrected chi connectivity index (χ0v) is 13.3. The Bertz CT molecular complexity index is 441. The third kappa shape index (κ3) is 2.65. The predicted molar refractivity (Wildman–Crippen MR) is 83.0 cm³/mol. The summed E-state index contributed by atoms with van der Waals surface area (Å²) in [5.41, 5.74) is 1.49. The van der Waals surface area contributed by atoms with Crippen LogP contribution in [-0.4, -0.2) is 33.6 Å². The van der Waals surface area contributed by atoms with E-state index in [4.69, 9.17) is 4.98 Å². The number of rotatable bonds is 3. The highest BCUT2D eigenvalue weighted by Gasteiger charge is 2.28. The molecule has 0 amide bonds. The molecular weight excluding hydrogens is 246 g/mol. The molecule has 3 heterocycles. The number of piperidine rings is 1. The molecule has 1 aromatic rings. The second-order valence-corrected chi connectivity index (χ2v) is 6.93. The number of nitrogens with zero attached hydrogens (tertiary/aromatic N) is 3. The van der Waals surface area contributed by atoms with E-state index < -0.39 is 0 Å². The minimum atomic E-state index is 0.690. The van der Waals surface area contributed by atoms with E-state index in [0.717, 1.165) is 5.92 Å². The Hall–Kier alpha value is -0.830. The summed E-state index contributed by atoms with van der Waals surface area (Å²) in [7, 11) is 0. The standard InChI is InChI=1S/C17H29N3/c1-4-14-5-10-20-16(11-14)12-18-17(20)15-6-8-19(9-7-15)13(2)3/h12-15H,4-11H2,1-3H3. The van der Waals surface area contributed by atoms with Crippen LogP contribution in [0.4, 0.5) is 0 Å². The minimum absolute atomic E-state index is 0.690. The summed E-state index contributed by atoms with van der Waals surface area (Å²) < 4.78 is 2.54. The maximum atomic E-state index is 4.80. The maximum absolute atomic E-state index is 4.80. The van der Waals surface area contributed by atoms with Crippen molar-refractivity contribution in [1.82, 2.24) is 14.5 Å². The van der Waals surface area contributed by atoms with Gasteiger partial charge in [-0.05, 0) is 58.5 Å². The molecule has 112 valence electrons. The van der Waals surface area contributed by atoms with E-state index in [1.165, 1.54) is 63.3 Å². The molecule has 0 aliphatic carbocycles. The first kappa shape index (κ1) is 14.1. The molecule has 20 heavy (non-hydrogen) atoms. The molecule has 0 saturated carbocycles. The molecule has 1 atom stereocenters. The summed E-state index contributed by atoms with van der Waals surface area (Å²) in [6.07, 6.45) is 8.63. The van der Waals surface area contributed by atoms with E-state index in [-0.39, 0.29) is 0 Å². The van der Waals surface area contributed by atoms with E-state index in [2.05, 4.69) is 36.4 Å². The lowest BCUT2D eigenvalue weighted by molar-refractivity contribution is 0.167. The van der Waals surface area contributed by atoms with Gasteiger partial charge in [0.15, 0.2) is 0 Å². The lowest BCUT2D eigenvalue weighted by atomic mass is 9.92. The van der Waals surface area contributed by atoms with Gasteiger partial charge in [0.05, 0.1) is 0 Å². The van der Waals surface area contributed by atoms with Crippen molar-refractivity contribution in [3.8, 4) is 0 Å². The average Bonchev–Trinajstić information content (AvgIpc) is 2.90. The van der Waals surface area contributed by atoms with Gasteiger partial charge in [0.25, 0.3) is 0 Å². The predicted octanol–water partition coefficient (Wildman–Crippen LogP) is 3.44. The van der Waals surface area contributed by atoms with Crippen molar-refractivity contribution in [1.29, 1.82) is 0 Å². The van der Waals surface area contributed by atoms with Crippen molar-refractivity contribution < 1.29 is 0 Å². The lowest BCUT2D eigenvalue weighted by Gasteiger charge is -2.35. The van der Waals surface area contributed by atoms with Crippen LogP contribution in [0.5, 0.6) is 0 Å². The van der Waals surface area contributed by atoms with Crippen molar-refractivity contribution in [3.63, 3.8) is 0 Å². The third-order valence-corrected chi connectivity index (χ3v) is 5.43. The van der Waals surface area contributed by atoms with E-state index in [1.807, 2.05) is 0 Å². The summed E-state index contributed by atoms with van der Waals surface area (Å²) in [6, 6.07) is 0.690. The first-order valence-corrected chi connectivity index (χ1v) is 8.47. The van der Waals surface area contributed by atoms with Crippen LogP contribution >= 0.6 is 0 Å². The number of hydrogen-bond donors (Lipinski definition) is 0. The van der Waals surface area contributed by atoms with Crippen LogP contribution < -0.4 is 0 Å². The van der Waals surface area contributed by atoms with Crippen LogP contribution in [0.15, 0.2) is 6.20 Å². The Kier molecular flexibility index (Phi) is 4.16. The van der Waals surface area contributed by atoms with Gasteiger partial charge in [0.1, 0.15) is 5.82 Å². The fraction of sp³-hybridized carbons (Fsp3) is 0.824. The van der Waals surface area contributed by atoms with Gasteiger partial charge in [-0.1, -0.05) is 13.3 Å². The van der Waals surface area contributed by atoms with Crippen LogP contribution in [0.2, 0.25) is 0 Å². The number of imidazole rings is 1. The van der Waals surface area contributed by atoms with Gasteiger partial charge < -0.3 is 9.47 Å². The molecule has 0 spiro atoms. The molecule has 3 heteroatoms. The quantitative estimate of drug-likeness (QED) is 0.842. The topological polar surface area (TPSA) is 21.1 Å². The Morgan fingerprint density at radius 2 is 1.95 bits per heavy atom. The molecule has 1 saturated heterocycles. The van der Waals surface area contributed by atoms with E-state index in [0.29, 0.717) is 12.0 Å². The lowest BCUT2D eigenvalue weighted by Crippen LogP contribution is -2.38. The summed E-state index contributed by atoms with van der Waals surface area (Å²) in [6.45, 7) is 10.6. The number of hydrogen-bond acceptors (Lipinski definition) is 2. The highest BCUT2D eigenvalue weighted by Crippen LogP contribution is 2.32. The summed E-state index contributed by atoms with van der Waals surface area (Å²) in [4.78, 5) is 7.41. The third-order valence-electron chi connectivity index (χ3n) is 5.43. The number of fused-ring (bicyclic) bond motifs is 1. The van der Waals surface area contributed by atoms with Gasteiger partial charge >= 0.3 is 0 Å². The fourth-order valence-corrected chi connectivity index (χ4v) is 3.91. The van der Waals surface area contributed by atoms with Gasteiger partial charge in [-0.15, -0.1) is 0 Å². The summed E-state index contributed by atoms with van der Waals surface area (Å²) >= 11 is 0. The Morgan fingerprint density at radius 3 is 2.60 bits per heavy atom. The van der Waals surface area contributed by atoms with E-state index in [1.54, 1.807) is 0 Å². The average molecular weight is 275 g/mol. The molecule has 2 aliphatic heterocycles. The molecule has 3 nitrogen and oxygen atoms in total. The van der Waals surface area contributed by atoms with Crippen LogP contribution in [-0.2, 0) is 13.0 Å². The van der Waals surface area contributed by atoms with Gasteiger partial charge in [-0.3, -0.25) is 0 Å². The van der Waals surface area contributed by atoms with Crippen molar-refractivity contribution in [2.24, 2.45) is 5.92 Å². The van der Waals surface area contributed by atoms with Crippen LogP contribution in [0.3, 0.4) is 0 Å². The normalized spacial score (nSPS) is 25.1. The van der Waals surface area contributed by atoms with Crippen molar-refractivity contribution in [2.75, 3.05) is 13.1 Å². The van der Waals surface area contributed by atoms with Crippen molar-refractivity contribution in [3.05, 3.63) is 17.7 Å². The molecule has 1 aromatic heterocycles. The van der Waals surface area contributed by atoms with Gasteiger partial charge in [-0.25, -0.2) is 4.98 Å². The van der Waals surface area contributed by atoms with Gasteiger partial charge in [-0.2, -0.15) is 0 Å². The van der Waals surface area contributed by atoms with E-state index in [9.17, 15) is 0 Å². The molecule has 2 aliphatic rings. The van der Waals surface area contributed by atoms with Gasteiger partial charge in [0.2, 0.25) is 0 Å². The number of aromatic nitrogens is 2. The molecule has 0 radical (unpaired) electrons. The highest BCUT2D eigenvalue weighted by molar-refractivity contribution is 5.13. The zero-order valence-electron chi connectivity index (χ0n) is 13.3. The Labute approximate surface area is 123 Å². The zero-order chi connectivity index (χ0) is 14.1. The van der Waals surface area contributed by atoms with Gasteiger partial charge in [0, 0.05) is 30.4 Å².